The molecule has 0 N–H and O–H groups in total. The third kappa shape index (κ3) is 5.33. The number of piperidine rings is 2. The Balaban J connectivity index is 1.32. The minimum atomic E-state index is -0.455. The number of methoxy groups -OCH3 is 1. The smallest absolute Gasteiger partial charge is 0.340 e. The van der Waals surface area contributed by atoms with E-state index in [1.807, 2.05) is 43.0 Å². The molecule has 6 rings (SSSR count). The molecule has 7 heteroatoms. The van der Waals surface area contributed by atoms with Crippen molar-refractivity contribution in [1.29, 1.82) is 0 Å². The van der Waals surface area contributed by atoms with Gasteiger partial charge in [-0.15, -0.1) is 0 Å². The summed E-state index contributed by atoms with van der Waals surface area (Å²) in [5.74, 6) is 0.406. The summed E-state index contributed by atoms with van der Waals surface area (Å²) >= 11 is 0. The SMILES string of the molecule is COCCN(C[C@@H]1CCCN2CCCC[C@H]12)C(=O)Cc1c(C)c2cc3c(-c4ccccc4)coc3c(C)c2oc1=O. The number of ether oxygens (including phenoxy) is 1. The van der Waals surface area contributed by atoms with Crippen molar-refractivity contribution in [3.8, 4) is 11.1 Å². The molecule has 2 saturated heterocycles. The van der Waals surface area contributed by atoms with Crippen molar-refractivity contribution in [3.63, 3.8) is 0 Å². The quantitative estimate of drug-likeness (QED) is 0.244. The van der Waals surface area contributed by atoms with Gasteiger partial charge in [-0.25, -0.2) is 4.79 Å². The minimum Gasteiger partial charge on any atom is -0.463 e. The number of fused-ring (bicyclic) bond motifs is 3. The highest BCUT2D eigenvalue weighted by molar-refractivity contribution is 6.05. The van der Waals surface area contributed by atoms with Crippen LogP contribution in [0.3, 0.4) is 0 Å². The zero-order chi connectivity index (χ0) is 28.5. The number of hydrogen-bond donors (Lipinski definition) is 0. The summed E-state index contributed by atoms with van der Waals surface area (Å²) in [4.78, 5) is 31.7. The molecular weight excluding hydrogens is 516 g/mol. The predicted molar refractivity (Wildman–Crippen MR) is 161 cm³/mol. The highest BCUT2D eigenvalue weighted by atomic mass is 16.5. The van der Waals surface area contributed by atoms with Crippen LogP contribution in [0.5, 0.6) is 0 Å². The normalized spacial score (nSPS) is 19.5. The molecule has 41 heavy (non-hydrogen) atoms. The summed E-state index contributed by atoms with van der Waals surface area (Å²) in [7, 11) is 1.66. The van der Waals surface area contributed by atoms with E-state index in [1.165, 1.54) is 38.8 Å². The van der Waals surface area contributed by atoms with Crippen LogP contribution in [-0.4, -0.2) is 61.6 Å². The van der Waals surface area contributed by atoms with E-state index in [1.54, 1.807) is 13.4 Å². The van der Waals surface area contributed by atoms with Crippen LogP contribution in [0.15, 0.2) is 56.3 Å². The lowest BCUT2D eigenvalue weighted by molar-refractivity contribution is -0.132. The van der Waals surface area contributed by atoms with E-state index in [4.69, 9.17) is 13.6 Å². The largest absolute Gasteiger partial charge is 0.463 e. The van der Waals surface area contributed by atoms with E-state index in [-0.39, 0.29) is 12.3 Å². The van der Waals surface area contributed by atoms with E-state index >= 15 is 0 Å². The number of furan rings is 1. The van der Waals surface area contributed by atoms with Gasteiger partial charge >= 0.3 is 5.63 Å². The van der Waals surface area contributed by atoms with E-state index in [9.17, 15) is 9.59 Å². The van der Waals surface area contributed by atoms with Crippen molar-refractivity contribution in [2.75, 3.05) is 39.9 Å². The van der Waals surface area contributed by atoms with Crippen LogP contribution in [0.1, 0.15) is 48.8 Å². The summed E-state index contributed by atoms with van der Waals surface area (Å²) in [5.41, 5.74) is 4.82. The van der Waals surface area contributed by atoms with Crippen molar-refractivity contribution in [1.82, 2.24) is 9.80 Å². The van der Waals surface area contributed by atoms with Crippen LogP contribution >= 0.6 is 0 Å². The number of benzene rings is 2. The monoisotopic (exact) mass is 556 g/mol. The molecule has 2 aliphatic rings. The fourth-order valence-electron chi connectivity index (χ4n) is 7.10. The van der Waals surface area contributed by atoms with Gasteiger partial charge in [-0.05, 0) is 75.7 Å². The van der Waals surface area contributed by atoms with Gasteiger partial charge in [-0.3, -0.25) is 4.79 Å². The second-order valence-electron chi connectivity index (χ2n) is 11.8. The molecule has 0 spiro atoms. The highest BCUT2D eigenvalue weighted by Crippen LogP contribution is 2.37. The molecule has 1 amide bonds. The first-order chi connectivity index (χ1) is 20.0. The molecule has 2 atom stereocenters. The first-order valence-corrected chi connectivity index (χ1v) is 15.0. The Labute approximate surface area is 241 Å². The van der Waals surface area contributed by atoms with Crippen LogP contribution < -0.4 is 5.63 Å². The molecule has 2 aliphatic heterocycles. The zero-order valence-corrected chi connectivity index (χ0v) is 24.4. The van der Waals surface area contributed by atoms with E-state index < -0.39 is 5.63 Å². The van der Waals surface area contributed by atoms with Crippen LogP contribution in [0.25, 0.3) is 33.1 Å². The Hall–Kier alpha value is -3.42. The molecule has 0 unspecified atom stereocenters. The van der Waals surface area contributed by atoms with Crippen LogP contribution in [0.2, 0.25) is 0 Å². The van der Waals surface area contributed by atoms with Crippen molar-refractivity contribution in [2.45, 2.75) is 58.4 Å². The van der Waals surface area contributed by atoms with Gasteiger partial charge < -0.3 is 23.4 Å². The number of rotatable bonds is 8. The number of hydrogen-bond acceptors (Lipinski definition) is 6. The zero-order valence-electron chi connectivity index (χ0n) is 24.4. The Bertz CT molecular complexity index is 1600. The summed E-state index contributed by atoms with van der Waals surface area (Å²) in [6, 6.07) is 12.7. The summed E-state index contributed by atoms with van der Waals surface area (Å²) in [6.45, 7) is 7.87. The second-order valence-corrected chi connectivity index (χ2v) is 11.8. The van der Waals surface area contributed by atoms with Crippen molar-refractivity contribution < 1.29 is 18.4 Å². The Kier molecular flexibility index (Phi) is 8.00. The lowest BCUT2D eigenvalue weighted by Crippen LogP contribution is -2.52. The maximum atomic E-state index is 13.8. The Morgan fingerprint density at radius 3 is 2.63 bits per heavy atom. The second kappa shape index (κ2) is 11.8. The van der Waals surface area contributed by atoms with Gasteiger partial charge in [0.2, 0.25) is 5.91 Å². The molecule has 0 radical (unpaired) electrons. The first-order valence-electron chi connectivity index (χ1n) is 15.0. The minimum absolute atomic E-state index is 0.0168. The van der Waals surface area contributed by atoms with Crippen LogP contribution in [0.4, 0.5) is 0 Å². The van der Waals surface area contributed by atoms with Crippen molar-refractivity contribution in [2.24, 2.45) is 5.92 Å². The highest BCUT2D eigenvalue weighted by Gasteiger charge is 2.35. The Morgan fingerprint density at radius 2 is 1.83 bits per heavy atom. The van der Waals surface area contributed by atoms with Gasteiger partial charge in [-0.1, -0.05) is 36.8 Å². The van der Waals surface area contributed by atoms with Gasteiger partial charge in [0.25, 0.3) is 0 Å². The van der Waals surface area contributed by atoms with Gasteiger partial charge in [0.1, 0.15) is 11.2 Å². The molecule has 2 aromatic carbocycles. The summed E-state index contributed by atoms with van der Waals surface area (Å²) in [6.07, 6.45) is 7.82. The lowest BCUT2D eigenvalue weighted by Gasteiger charge is -2.45. The first kappa shape index (κ1) is 27.7. The molecule has 216 valence electrons. The third-order valence-electron chi connectivity index (χ3n) is 9.36. The number of aryl methyl sites for hydroxylation is 2. The fraction of sp³-hybridized carbons (Fsp3) is 0.471. The van der Waals surface area contributed by atoms with E-state index in [2.05, 4.69) is 17.0 Å². The number of nitrogens with zero attached hydrogens (tertiary/aromatic N) is 2. The van der Waals surface area contributed by atoms with Crippen LogP contribution in [-0.2, 0) is 16.0 Å². The van der Waals surface area contributed by atoms with E-state index in [0.717, 1.165) is 39.4 Å². The van der Waals surface area contributed by atoms with Gasteiger partial charge in [-0.2, -0.15) is 0 Å². The molecule has 2 aromatic heterocycles. The lowest BCUT2D eigenvalue weighted by atomic mass is 9.83. The van der Waals surface area contributed by atoms with Gasteiger partial charge in [0.15, 0.2) is 0 Å². The molecule has 0 saturated carbocycles. The molecular formula is C34H40N2O5. The van der Waals surface area contributed by atoms with Crippen LogP contribution in [0, 0.1) is 19.8 Å². The average molecular weight is 557 g/mol. The van der Waals surface area contributed by atoms with Crippen molar-refractivity contribution >= 4 is 27.8 Å². The molecule has 0 aliphatic carbocycles. The third-order valence-corrected chi connectivity index (χ3v) is 9.36. The van der Waals surface area contributed by atoms with Crippen molar-refractivity contribution in [3.05, 3.63) is 69.8 Å². The molecule has 7 nitrogen and oxygen atoms in total. The average Bonchev–Trinajstić information content (AvgIpc) is 3.43. The summed E-state index contributed by atoms with van der Waals surface area (Å²) < 4.78 is 17.2. The number of carbonyl (C=O) groups is 1. The molecule has 4 aromatic rings. The number of amides is 1. The fourth-order valence-corrected chi connectivity index (χ4v) is 7.10. The maximum absolute atomic E-state index is 13.8. The molecule has 2 fully saturated rings. The van der Waals surface area contributed by atoms with Gasteiger partial charge in [0.05, 0.1) is 24.9 Å². The Morgan fingerprint density at radius 1 is 1.02 bits per heavy atom. The van der Waals surface area contributed by atoms with Gasteiger partial charge in [0, 0.05) is 48.1 Å². The topological polar surface area (TPSA) is 76.1 Å². The molecule has 4 heterocycles. The standard InChI is InChI=1S/C34H40N2O5/c1-22-26-18-28-29(24-10-5-4-6-11-24)21-40-32(28)23(2)33(26)41-34(38)27(22)19-31(37)36(16-17-39-3)20-25-12-9-15-35-14-8-7-13-30(25)35/h4-6,10-11,18,21,25,30H,7-9,12-17,19-20H2,1-3H3/t25-,30+/m0/s1. The summed E-state index contributed by atoms with van der Waals surface area (Å²) in [5, 5.41) is 1.80. The maximum Gasteiger partial charge on any atom is 0.340 e. The predicted octanol–water partition coefficient (Wildman–Crippen LogP) is 6.11. The molecule has 0 bridgehead atoms. The number of carbonyl (C=O) groups excluding carboxylic acids is 1. The van der Waals surface area contributed by atoms with E-state index in [0.29, 0.717) is 48.4 Å².